The van der Waals surface area contributed by atoms with E-state index in [1.165, 1.54) is 19.1 Å². The van der Waals surface area contributed by atoms with Gasteiger partial charge in [0.2, 0.25) is 0 Å². The van der Waals surface area contributed by atoms with Crippen molar-refractivity contribution < 1.29 is 13.9 Å². The van der Waals surface area contributed by atoms with Gasteiger partial charge in [-0.25, -0.2) is 4.39 Å². The first-order valence-electron chi connectivity index (χ1n) is 5.92. The Kier molecular flexibility index (Phi) is 6.04. The number of esters is 1. The summed E-state index contributed by atoms with van der Waals surface area (Å²) in [6.45, 7) is 2.15. The van der Waals surface area contributed by atoms with E-state index in [0.717, 1.165) is 18.5 Å². The van der Waals surface area contributed by atoms with Crippen LogP contribution >= 0.6 is 24.0 Å². The third-order valence-corrected chi connectivity index (χ3v) is 3.35. The minimum atomic E-state index is -0.351. The van der Waals surface area contributed by atoms with Gasteiger partial charge < -0.3 is 10.1 Å². The summed E-state index contributed by atoms with van der Waals surface area (Å²) < 4.78 is 18.2. The van der Waals surface area contributed by atoms with E-state index in [4.69, 9.17) is 16.3 Å². The third kappa shape index (κ3) is 4.34. The lowest BCUT2D eigenvalue weighted by molar-refractivity contribution is -0.147. The van der Waals surface area contributed by atoms with Gasteiger partial charge in [0.1, 0.15) is 11.9 Å². The molecule has 1 N–H and O–H groups in total. The minimum absolute atomic E-state index is 0. The van der Waals surface area contributed by atoms with Gasteiger partial charge in [-0.2, -0.15) is 0 Å². The molecule has 0 bridgehead atoms. The number of hydrogen-bond acceptors (Lipinski definition) is 3. The van der Waals surface area contributed by atoms with Crippen LogP contribution in [0.2, 0.25) is 5.02 Å². The standard InChI is InChI=1S/C13H15ClFNO2.ClH/c1-8(17)18-10-4-5-16-13(7-10)11-3-2-9(15)6-12(11)14;/h2-3,6,10,13,16H,4-5,7H2,1H3;1H. The van der Waals surface area contributed by atoms with Gasteiger partial charge in [-0.3, -0.25) is 4.79 Å². The van der Waals surface area contributed by atoms with Gasteiger partial charge >= 0.3 is 5.97 Å². The maximum Gasteiger partial charge on any atom is 0.302 e. The van der Waals surface area contributed by atoms with Crippen molar-refractivity contribution in [2.45, 2.75) is 31.9 Å². The van der Waals surface area contributed by atoms with Crippen molar-refractivity contribution in [2.24, 2.45) is 0 Å². The highest BCUT2D eigenvalue weighted by Gasteiger charge is 2.26. The Hall–Kier alpha value is -0.840. The number of rotatable bonds is 2. The van der Waals surface area contributed by atoms with Crippen LogP contribution in [0.1, 0.15) is 31.4 Å². The third-order valence-electron chi connectivity index (χ3n) is 3.03. The molecule has 0 spiro atoms. The van der Waals surface area contributed by atoms with Crippen LogP contribution in [-0.4, -0.2) is 18.6 Å². The number of nitrogens with one attached hydrogen (secondary N) is 1. The molecule has 2 atom stereocenters. The largest absolute Gasteiger partial charge is 0.462 e. The Balaban J connectivity index is 0.00000180. The van der Waals surface area contributed by atoms with E-state index in [-0.39, 0.29) is 36.3 Å². The van der Waals surface area contributed by atoms with Crippen molar-refractivity contribution in [1.29, 1.82) is 0 Å². The Morgan fingerprint density at radius 3 is 2.89 bits per heavy atom. The summed E-state index contributed by atoms with van der Waals surface area (Å²) in [4.78, 5) is 10.9. The van der Waals surface area contributed by atoms with Crippen LogP contribution in [0.3, 0.4) is 0 Å². The SMILES string of the molecule is CC(=O)OC1CCNC(c2ccc(F)cc2Cl)C1.Cl. The number of halogens is 3. The fourth-order valence-corrected chi connectivity index (χ4v) is 2.54. The fraction of sp³-hybridized carbons (Fsp3) is 0.462. The maximum atomic E-state index is 13.0. The normalized spacial score (nSPS) is 22.5. The summed E-state index contributed by atoms with van der Waals surface area (Å²) in [6, 6.07) is 4.36. The van der Waals surface area contributed by atoms with Gasteiger partial charge in [-0.1, -0.05) is 17.7 Å². The molecule has 0 radical (unpaired) electrons. The first-order valence-corrected chi connectivity index (χ1v) is 6.29. The van der Waals surface area contributed by atoms with Crippen molar-refractivity contribution in [3.63, 3.8) is 0 Å². The highest BCUT2D eigenvalue weighted by atomic mass is 35.5. The highest BCUT2D eigenvalue weighted by Crippen LogP contribution is 2.30. The van der Waals surface area contributed by atoms with E-state index in [2.05, 4.69) is 5.32 Å². The topological polar surface area (TPSA) is 38.3 Å². The number of hydrogen-bond donors (Lipinski definition) is 1. The van der Waals surface area contributed by atoms with Gasteiger partial charge in [-0.15, -0.1) is 12.4 Å². The molecule has 19 heavy (non-hydrogen) atoms. The van der Waals surface area contributed by atoms with Gasteiger partial charge in [0.05, 0.1) is 0 Å². The zero-order chi connectivity index (χ0) is 13.1. The summed E-state index contributed by atoms with van der Waals surface area (Å²) in [7, 11) is 0. The van der Waals surface area contributed by atoms with E-state index in [0.29, 0.717) is 11.4 Å². The first-order chi connectivity index (χ1) is 8.56. The van der Waals surface area contributed by atoms with Crippen molar-refractivity contribution in [3.05, 3.63) is 34.6 Å². The lowest BCUT2D eigenvalue weighted by Crippen LogP contribution is -2.36. The zero-order valence-corrected chi connectivity index (χ0v) is 12.1. The average molecular weight is 308 g/mol. The molecule has 6 heteroatoms. The van der Waals surface area contributed by atoms with Crippen LogP contribution in [0.5, 0.6) is 0 Å². The second-order valence-corrected chi connectivity index (χ2v) is 4.84. The summed E-state index contributed by atoms with van der Waals surface area (Å²) in [5, 5.41) is 3.70. The Morgan fingerprint density at radius 1 is 1.53 bits per heavy atom. The smallest absolute Gasteiger partial charge is 0.302 e. The molecular formula is C13H16Cl2FNO2. The lowest BCUT2D eigenvalue weighted by atomic mass is 9.95. The van der Waals surface area contributed by atoms with Crippen molar-refractivity contribution >= 4 is 30.0 Å². The van der Waals surface area contributed by atoms with E-state index >= 15 is 0 Å². The van der Waals surface area contributed by atoms with Crippen LogP contribution in [-0.2, 0) is 9.53 Å². The lowest BCUT2D eigenvalue weighted by Gasteiger charge is -2.30. The molecule has 1 saturated heterocycles. The van der Waals surface area contributed by atoms with E-state index in [1.807, 2.05) is 0 Å². The molecule has 1 aliphatic heterocycles. The molecule has 3 nitrogen and oxygen atoms in total. The molecule has 106 valence electrons. The predicted octanol–water partition coefficient (Wildman–Crippen LogP) is 3.26. The van der Waals surface area contributed by atoms with E-state index < -0.39 is 0 Å². The van der Waals surface area contributed by atoms with Crippen LogP contribution in [0, 0.1) is 5.82 Å². The van der Waals surface area contributed by atoms with Crippen LogP contribution in [0.25, 0.3) is 0 Å². The molecule has 1 aromatic carbocycles. The van der Waals surface area contributed by atoms with Crippen LogP contribution in [0.15, 0.2) is 18.2 Å². The van der Waals surface area contributed by atoms with Gasteiger partial charge in [-0.05, 0) is 30.7 Å². The van der Waals surface area contributed by atoms with Crippen molar-refractivity contribution in [2.75, 3.05) is 6.54 Å². The van der Waals surface area contributed by atoms with Gasteiger partial charge in [0.25, 0.3) is 0 Å². The number of benzene rings is 1. The van der Waals surface area contributed by atoms with Crippen LogP contribution in [0.4, 0.5) is 4.39 Å². The second kappa shape index (κ2) is 7.08. The number of carbonyl (C=O) groups excluding carboxylic acids is 1. The number of carbonyl (C=O) groups is 1. The minimum Gasteiger partial charge on any atom is -0.462 e. The van der Waals surface area contributed by atoms with Crippen LogP contribution < -0.4 is 5.32 Å². The van der Waals surface area contributed by atoms with E-state index in [1.54, 1.807) is 6.07 Å². The molecule has 1 aliphatic rings. The predicted molar refractivity (Wildman–Crippen MR) is 74.2 cm³/mol. The number of ether oxygens (including phenoxy) is 1. The fourth-order valence-electron chi connectivity index (χ4n) is 2.25. The Labute approximate surface area is 122 Å². The summed E-state index contributed by atoms with van der Waals surface area (Å²) in [6.07, 6.45) is 1.34. The quantitative estimate of drug-likeness (QED) is 0.852. The number of piperidine rings is 1. The molecule has 0 amide bonds. The molecule has 0 saturated carbocycles. The highest BCUT2D eigenvalue weighted by molar-refractivity contribution is 6.31. The average Bonchev–Trinajstić information content (AvgIpc) is 2.28. The molecule has 0 aromatic heterocycles. The molecule has 2 rings (SSSR count). The summed E-state index contributed by atoms with van der Waals surface area (Å²) in [5.41, 5.74) is 0.843. The zero-order valence-electron chi connectivity index (χ0n) is 10.5. The molecule has 1 heterocycles. The summed E-state index contributed by atoms with van der Waals surface area (Å²) >= 11 is 6.03. The van der Waals surface area contributed by atoms with Crippen molar-refractivity contribution in [3.8, 4) is 0 Å². The van der Waals surface area contributed by atoms with E-state index in [9.17, 15) is 9.18 Å². The maximum absolute atomic E-state index is 13.0. The second-order valence-electron chi connectivity index (χ2n) is 4.43. The summed E-state index contributed by atoms with van der Waals surface area (Å²) in [5.74, 6) is -0.623. The van der Waals surface area contributed by atoms with Gasteiger partial charge in [0, 0.05) is 24.4 Å². The molecule has 0 aliphatic carbocycles. The molecular weight excluding hydrogens is 292 g/mol. The monoisotopic (exact) mass is 307 g/mol. The molecule has 1 aromatic rings. The van der Waals surface area contributed by atoms with Crippen molar-refractivity contribution in [1.82, 2.24) is 5.32 Å². The first kappa shape index (κ1) is 16.2. The Morgan fingerprint density at radius 2 is 2.26 bits per heavy atom. The Bertz CT molecular complexity index is 456. The molecule has 2 unspecified atom stereocenters. The van der Waals surface area contributed by atoms with Gasteiger partial charge in [0.15, 0.2) is 0 Å². The molecule has 1 fully saturated rings.